The molecular formula is C10H13ClN2. The number of hydrogen-bond acceptors (Lipinski definition) is 2. The standard InChI is InChI=1S/C10H13ClN2/c1-8(3-2-5-11)9-7-13-6-4-10(9)12/h3-4,6-7H,2,5H2,1H3,(H2,12,13). The Morgan fingerprint density at radius 3 is 3.08 bits per heavy atom. The second kappa shape index (κ2) is 4.87. The summed E-state index contributed by atoms with van der Waals surface area (Å²) in [6.07, 6.45) is 6.39. The zero-order valence-electron chi connectivity index (χ0n) is 7.63. The molecule has 0 atom stereocenters. The summed E-state index contributed by atoms with van der Waals surface area (Å²) < 4.78 is 0. The predicted octanol–water partition coefficient (Wildman–Crippen LogP) is 2.70. The maximum absolute atomic E-state index is 5.78. The van der Waals surface area contributed by atoms with E-state index in [9.17, 15) is 0 Å². The van der Waals surface area contributed by atoms with E-state index >= 15 is 0 Å². The van der Waals surface area contributed by atoms with Gasteiger partial charge >= 0.3 is 0 Å². The maximum atomic E-state index is 5.78. The second-order valence-electron chi connectivity index (χ2n) is 2.83. The van der Waals surface area contributed by atoms with Crippen LogP contribution < -0.4 is 5.73 Å². The molecule has 0 spiro atoms. The van der Waals surface area contributed by atoms with Gasteiger partial charge < -0.3 is 5.73 Å². The van der Waals surface area contributed by atoms with E-state index in [4.69, 9.17) is 17.3 Å². The molecule has 0 aliphatic rings. The monoisotopic (exact) mass is 196 g/mol. The van der Waals surface area contributed by atoms with E-state index in [2.05, 4.69) is 11.1 Å². The molecule has 0 fully saturated rings. The minimum Gasteiger partial charge on any atom is -0.398 e. The first-order chi connectivity index (χ1) is 6.25. The number of allylic oxidation sites excluding steroid dienone is 2. The van der Waals surface area contributed by atoms with Crippen LogP contribution in [0.25, 0.3) is 5.57 Å². The summed E-state index contributed by atoms with van der Waals surface area (Å²) in [6, 6.07) is 1.80. The summed E-state index contributed by atoms with van der Waals surface area (Å²) in [5.74, 6) is 0.636. The van der Waals surface area contributed by atoms with E-state index in [0.29, 0.717) is 5.88 Å². The van der Waals surface area contributed by atoms with Gasteiger partial charge in [-0.15, -0.1) is 11.6 Å². The molecule has 2 nitrogen and oxygen atoms in total. The second-order valence-corrected chi connectivity index (χ2v) is 3.21. The fourth-order valence-electron chi connectivity index (χ4n) is 1.12. The van der Waals surface area contributed by atoms with Crippen molar-refractivity contribution in [3.63, 3.8) is 0 Å². The van der Waals surface area contributed by atoms with Crippen LogP contribution in [-0.2, 0) is 0 Å². The highest BCUT2D eigenvalue weighted by atomic mass is 35.5. The van der Waals surface area contributed by atoms with Gasteiger partial charge in [-0.3, -0.25) is 4.98 Å². The lowest BCUT2D eigenvalue weighted by Gasteiger charge is -2.03. The number of rotatable bonds is 3. The highest BCUT2D eigenvalue weighted by molar-refractivity contribution is 6.17. The summed E-state index contributed by atoms with van der Waals surface area (Å²) in [7, 11) is 0. The number of halogens is 1. The molecule has 0 radical (unpaired) electrons. The van der Waals surface area contributed by atoms with E-state index in [-0.39, 0.29) is 0 Å². The van der Waals surface area contributed by atoms with Gasteiger partial charge in [-0.1, -0.05) is 6.08 Å². The summed E-state index contributed by atoms with van der Waals surface area (Å²) in [4.78, 5) is 4.02. The van der Waals surface area contributed by atoms with Crippen molar-refractivity contribution in [1.82, 2.24) is 4.98 Å². The fraction of sp³-hybridized carbons (Fsp3) is 0.300. The molecule has 3 heteroatoms. The topological polar surface area (TPSA) is 38.9 Å². The van der Waals surface area contributed by atoms with E-state index in [0.717, 1.165) is 23.2 Å². The molecule has 0 saturated carbocycles. The Bertz CT molecular complexity index is 308. The number of nitrogens with two attached hydrogens (primary N) is 1. The lowest BCUT2D eigenvalue weighted by Crippen LogP contribution is -1.92. The van der Waals surface area contributed by atoms with Gasteiger partial charge in [0.25, 0.3) is 0 Å². The highest BCUT2D eigenvalue weighted by Crippen LogP contribution is 2.19. The molecule has 2 N–H and O–H groups in total. The average Bonchev–Trinajstić information content (AvgIpc) is 2.15. The molecule has 1 heterocycles. The van der Waals surface area contributed by atoms with Crippen LogP contribution in [0.15, 0.2) is 24.5 Å². The number of nitrogen functional groups attached to an aromatic ring is 1. The normalized spacial score (nSPS) is 11.7. The number of nitrogens with zero attached hydrogens (tertiary/aromatic N) is 1. The third-order valence-corrected chi connectivity index (χ3v) is 2.06. The smallest absolute Gasteiger partial charge is 0.0421 e. The molecule has 0 aliphatic heterocycles. The van der Waals surface area contributed by atoms with Crippen LogP contribution in [-0.4, -0.2) is 10.9 Å². The Morgan fingerprint density at radius 2 is 2.46 bits per heavy atom. The van der Waals surface area contributed by atoms with Crippen LogP contribution in [0.3, 0.4) is 0 Å². The molecule has 0 amide bonds. The average molecular weight is 197 g/mol. The molecule has 70 valence electrons. The van der Waals surface area contributed by atoms with Crippen molar-refractivity contribution in [2.75, 3.05) is 11.6 Å². The van der Waals surface area contributed by atoms with E-state index < -0.39 is 0 Å². The van der Waals surface area contributed by atoms with Crippen LogP contribution in [0.5, 0.6) is 0 Å². The van der Waals surface area contributed by atoms with Gasteiger partial charge in [0.1, 0.15) is 0 Å². The quantitative estimate of drug-likeness (QED) is 0.755. The maximum Gasteiger partial charge on any atom is 0.0421 e. The Labute approximate surface area is 83.4 Å². The molecule has 1 aromatic rings. The van der Waals surface area contributed by atoms with Gasteiger partial charge in [0.15, 0.2) is 0 Å². The number of alkyl halides is 1. The van der Waals surface area contributed by atoms with Gasteiger partial charge in [0.2, 0.25) is 0 Å². The molecule has 1 rings (SSSR count). The lowest BCUT2D eigenvalue weighted by atomic mass is 10.1. The first-order valence-corrected chi connectivity index (χ1v) is 4.71. The number of hydrogen-bond donors (Lipinski definition) is 1. The lowest BCUT2D eigenvalue weighted by molar-refractivity contribution is 1.22. The van der Waals surface area contributed by atoms with Crippen LogP contribution in [0.2, 0.25) is 0 Å². The van der Waals surface area contributed by atoms with Crippen molar-refractivity contribution >= 4 is 22.9 Å². The third-order valence-electron chi connectivity index (χ3n) is 1.84. The van der Waals surface area contributed by atoms with Crippen LogP contribution >= 0.6 is 11.6 Å². The van der Waals surface area contributed by atoms with E-state index in [1.54, 1.807) is 18.5 Å². The van der Waals surface area contributed by atoms with Crippen molar-refractivity contribution in [1.29, 1.82) is 0 Å². The van der Waals surface area contributed by atoms with Gasteiger partial charge in [-0.05, 0) is 25.0 Å². The van der Waals surface area contributed by atoms with Gasteiger partial charge in [-0.25, -0.2) is 0 Å². The summed E-state index contributed by atoms with van der Waals surface area (Å²) in [6.45, 7) is 2.01. The zero-order valence-corrected chi connectivity index (χ0v) is 8.38. The molecule has 0 aromatic carbocycles. The highest BCUT2D eigenvalue weighted by Gasteiger charge is 1.99. The minimum absolute atomic E-state index is 0.636. The third kappa shape index (κ3) is 2.74. The predicted molar refractivity (Wildman–Crippen MR) is 57.6 cm³/mol. The van der Waals surface area contributed by atoms with Gasteiger partial charge in [0, 0.05) is 29.5 Å². The minimum atomic E-state index is 0.636. The molecule has 1 aromatic heterocycles. The summed E-state index contributed by atoms with van der Waals surface area (Å²) in [5.41, 5.74) is 8.67. The summed E-state index contributed by atoms with van der Waals surface area (Å²) >= 11 is 5.58. The number of anilines is 1. The Kier molecular flexibility index (Phi) is 3.77. The van der Waals surface area contributed by atoms with Crippen LogP contribution in [0, 0.1) is 0 Å². The fourth-order valence-corrected chi connectivity index (χ4v) is 1.22. The van der Waals surface area contributed by atoms with Crippen molar-refractivity contribution in [3.8, 4) is 0 Å². The van der Waals surface area contributed by atoms with Gasteiger partial charge in [-0.2, -0.15) is 0 Å². The SMILES string of the molecule is CC(=CCCCl)c1cnccc1N. The molecular weight excluding hydrogens is 184 g/mol. The summed E-state index contributed by atoms with van der Waals surface area (Å²) in [5, 5.41) is 0. The first-order valence-electron chi connectivity index (χ1n) is 4.18. The Morgan fingerprint density at radius 1 is 1.69 bits per heavy atom. The first kappa shape index (κ1) is 10.1. The number of pyridine rings is 1. The molecule has 0 unspecified atom stereocenters. The van der Waals surface area contributed by atoms with Crippen molar-refractivity contribution < 1.29 is 0 Å². The van der Waals surface area contributed by atoms with Crippen LogP contribution in [0.4, 0.5) is 5.69 Å². The molecule has 0 bridgehead atoms. The molecule has 13 heavy (non-hydrogen) atoms. The Balaban J connectivity index is 2.88. The van der Waals surface area contributed by atoms with Gasteiger partial charge in [0.05, 0.1) is 0 Å². The molecule has 0 saturated heterocycles. The van der Waals surface area contributed by atoms with E-state index in [1.165, 1.54) is 0 Å². The largest absolute Gasteiger partial charge is 0.398 e. The van der Waals surface area contributed by atoms with Crippen molar-refractivity contribution in [2.24, 2.45) is 0 Å². The van der Waals surface area contributed by atoms with Crippen LogP contribution in [0.1, 0.15) is 18.9 Å². The molecule has 0 aliphatic carbocycles. The Hall–Kier alpha value is -1.02. The number of aromatic nitrogens is 1. The van der Waals surface area contributed by atoms with E-state index in [1.807, 2.05) is 6.92 Å². The van der Waals surface area contributed by atoms with Crippen molar-refractivity contribution in [3.05, 3.63) is 30.1 Å². The zero-order chi connectivity index (χ0) is 9.68. The van der Waals surface area contributed by atoms with Crippen molar-refractivity contribution in [2.45, 2.75) is 13.3 Å².